The van der Waals surface area contributed by atoms with Crippen molar-refractivity contribution in [3.63, 3.8) is 0 Å². The lowest BCUT2D eigenvalue weighted by atomic mass is 9.81. The van der Waals surface area contributed by atoms with Gasteiger partial charge in [-0.25, -0.2) is 0 Å². The van der Waals surface area contributed by atoms with Crippen molar-refractivity contribution < 1.29 is 10.2 Å². The van der Waals surface area contributed by atoms with Crippen LogP contribution in [-0.4, -0.2) is 22.4 Å². The van der Waals surface area contributed by atoms with Gasteiger partial charge in [0.15, 0.2) is 0 Å². The van der Waals surface area contributed by atoms with E-state index in [4.69, 9.17) is 0 Å². The Morgan fingerprint density at radius 2 is 1.67 bits per heavy atom. The van der Waals surface area contributed by atoms with Gasteiger partial charge in [-0.05, 0) is 44.4 Å². The van der Waals surface area contributed by atoms with Gasteiger partial charge >= 0.3 is 0 Å². The molecule has 15 heavy (non-hydrogen) atoms. The second-order valence-electron chi connectivity index (χ2n) is 5.51. The minimum atomic E-state index is -0.189. The third-order valence-corrected chi connectivity index (χ3v) is 3.10. The van der Waals surface area contributed by atoms with Gasteiger partial charge < -0.3 is 10.2 Å². The van der Waals surface area contributed by atoms with Crippen molar-refractivity contribution in [3.05, 3.63) is 0 Å². The molecular weight excluding hydrogens is 188 g/mol. The van der Waals surface area contributed by atoms with E-state index >= 15 is 0 Å². The minimum Gasteiger partial charge on any atom is -0.393 e. The Morgan fingerprint density at radius 1 is 1.07 bits per heavy atom. The molecule has 0 aromatic carbocycles. The van der Waals surface area contributed by atoms with Crippen molar-refractivity contribution in [1.29, 1.82) is 0 Å². The second-order valence-corrected chi connectivity index (χ2v) is 5.51. The summed E-state index contributed by atoms with van der Waals surface area (Å²) >= 11 is 0. The fourth-order valence-corrected chi connectivity index (χ4v) is 1.74. The van der Waals surface area contributed by atoms with E-state index in [9.17, 15) is 10.2 Å². The lowest BCUT2D eigenvalue weighted by Crippen LogP contribution is -2.15. The van der Waals surface area contributed by atoms with Crippen LogP contribution >= 0.6 is 0 Å². The zero-order chi connectivity index (χ0) is 11.9. The molecule has 2 nitrogen and oxygen atoms in total. The highest BCUT2D eigenvalue weighted by Gasteiger charge is 2.18. The van der Waals surface area contributed by atoms with E-state index in [1.807, 2.05) is 13.8 Å². The van der Waals surface area contributed by atoms with Gasteiger partial charge in [-0.1, -0.05) is 27.2 Å². The molecule has 92 valence electrons. The average Bonchev–Trinajstić information content (AvgIpc) is 2.14. The molecule has 0 saturated carbocycles. The van der Waals surface area contributed by atoms with E-state index < -0.39 is 0 Å². The maximum Gasteiger partial charge on any atom is 0.0537 e. The van der Waals surface area contributed by atoms with E-state index in [1.165, 1.54) is 0 Å². The van der Waals surface area contributed by atoms with Crippen LogP contribution in [0.25, 0.3) is 0 Å². The fourth-order valence-electron chi connectivity index (χ4n) is 1.74. The Kier molecular flexibility index (Phi) is 7.20. The molecular formula is C13H28O2. The summed E-state index contributed by atoms with van der Waals surface area (Å²) in [5.41, 5.74) is 0.296. The van der Waals surface area contributed by atoms with Crippen LogP contribution < -0.4 is 0 Å². The molecule has 0 radical (unpaired) electrons. The first-order valence-electron chi connectivity index (χ1n) is 6.23. The molecule has 0 spiro atoms. The molecule has 0 saturated heterocycles. The maximum atomic E-state index is 9.43. The molecule has 2 heteroatoms. The Bertz CT molecular complexity index is 153. The van der Waals surface area contributed by atoms with Crippen molar-refractivity contribution >= 4 is 0 Å². The van der Waals surface area contributed by atoms with Crippen molar-refractivity contribution in [3.8, 4) is 0 Å². The smallest absolute Gasteiger partial charge is 0.0537 e. The summed E-state index contributed by atoms with van der Waals surface area (Å²) in [5, 5.41) is 18.7. The van der Waals surface area contributed by atoms with E-state index in [0.717, 1.165) is 38.5 Å². The van der Waals surface area contributed by atoms with Crippen molar-refractivity contribution in [2.45, 2.75) is 78.4 Å². The molecule has 0 aromatic heterocycles. The summed E-state index contributed by atoms with van der Waals surface area (Å²) < 4.78 is 0. The Morgan fingerprint density at radius 3 is 2.13 bits per heavy atom. The van der Waals surface area contributed by atoms with Gasteiger partial charge in [0.25, 0.3) is 0 Å². The van der Waals surface area contributed by atoms with Crippen LogP contribution in [0.1, 0.15) is 66.2 Å². The third-order valence-electron chi connectivity index (χ3n) is 3.10. The normalized spacial score (nSPS) is 16.4. The van der Waals surface area contributed by atoms with Crippen LogP contribution in [0.5, 0.6) is 0 Å². The quantitative estimate of drug-likeness (QED) is 0.654. The summed E-state index contributed by atoms with van der Waals surface area (Å²) in [6.45, 7) is 8.35. The molecule has 0 aliphatic heterocycles. The highest BCUT2D eigenvalue weighted by atomic mass is 16.3. The molecule has 0 bridgehead atoms. The lowest BCUT2D eigenvalue weighted by Gasteiger charge is -2.25. The van der Waals surface area contributed by atoms with E-state index in [1.54, 1.807) is 0 Å². The van der Waals surface area contributed by atoms with Gasteiger partial charge in [-0.3, -0.25) is 0 Å². The highest BCUT2D eigenvalue weighted by Crippen LogP contribution is 2.29. The van der Waals surface area contributed by atoms with Gasteiger partial charge in [0, 0.05) is 0 Å². The molecule has 0 fully saturated rings. The minimum absolute atomic E-state index is 0.127. The average molecular weight is 216 g/mol. The molecule has 0 amide bonds. The first kappa shape index (κ1) is 14.9. The zero-order valence-electron chi connectivity index (χ0n) is 10.8. The molecule has 0 rings (SSSR count). The Balaban J connectivity index is 3.64. The van der Waals surface area contributed by atoms with Crippen LogP contribution in [0.3, 0.4) is 0 Å². The van der Waals surface area contributed by atoms with Crippen molar-refractivity contribution in [1.82, 2.24) is 0 Å². The summed E-state index contributed by atoms with van der Waals surface area (Å²) in [4.78, 5) is 0. The monoisotopic (exact) mass is 216 g/mol. The maximum absolute atomic E-state index is 9.43. The van der Waals surface area contributed by atoms with Gasteiger partial charge in [0.05, 0.1) is 12.2 Å². The van der Waals surface area contributed by atoms with Gasteiger partial charge in [-0.15, -0.1) is 0 Å². The number of hydrogen-bond donors (Lipinski definition) is 2. The Labute approximate surface area is 94.7 Å². The van der Waals surface area contributed by atoms with E-state index in [2.05, 4.69) is 13.8 Å². The molecule has 0 aromatic rings. The van der Waals surface area contributed by atoms with Crippen LogP contribution in [0.15, 0.2) is 0 Å². The second kappa shape index (κ2) is 7.24. The predicted molar refractivity (Wildman–Crippen MR) is 64.8 cm³/mol. The highest BCUT2D eigenvalue weighted by molar-refractivity contribution is 4.70. The lowest BCUT2D eigenvalue weighted by molar-refractivity contribution is 0.137. The zero-order valence-corrected chi connectivity index (χ0v) is 10.8. The topological polar surface area (TPSA) is 40.5 Å². The predicted octanol–water partition coefficient (Wildman–Crippen LogP) is 3.11. The molecule has 0 heterocycles. The van der Waals surface area contributed by atoms with Crippen molar-refractivity contribution in [2.75, 3.05) is 0 Å². The number of aliphatic hydroxyl groups excluding tert-OH is 2. The molecule has 2 atom stereocenters. The third kappa shape index (κ3) is 8.88. The van der Waals surface area contributed by atoms with E-state index in [0.29, 0.717) is 5.41 Å². The summed E-state index contributed by atoms with van der Waals surface area (Å²) in [6.07, 6.45) is 5.61. The van der Waals surface area contributed by atoms with Crippen LogP contribution in [0.4, 0.5) is 0 Å². The molecule has 2 N–H and O–H groups in total. The largest absolute Gasteiger partial charge is 0.393 e. The summed E-state index contributed by atoms with van der Waals surface area (Å²) in [7, 11) is 0. The van der Waals surface area contributed by atoms with Crippen molar-refractivity contribution in [2.24, 2.45) is 5.41 Å². The standard InChI is InChI=1S/C13H28O2/c1-5-12(15)7-6-9-13(3,4)10-8-11(2)14/h11-12,14-15H,5-10H2,1-4H3. The Hall–Kier alpha value is -0.0800. The van der Waals surface area contributed by atoms with E-state index in [-0.39, 0.29) is 12.2 Å². The molecule has 2 unspecified atom stereocenters. The number of aliphatic hydroxyl groups is 2. The van der Waals surface area contributed by atoms with Crippen LogP contribution in [0.2, 0.25) is 0 Å². The van der Waals surface area contributed by atoms with Crippen LogP contribution in [0, 0.1) is 5.41 Å². The summed E-state index contributed by atoms with van der Waals surface area (Å²) in [5.74, 6) is 0. The number of hydrogen-bond acceptors (Lipinski definition) is 2. The number of rotatable bonds is 8. The first-order valence-corrected chi connectivity index (χ1v) is 6.23. The first-order chi connectivity index (χ1) is 6.87. The SMILES string of the molecule is CCC(O)CCCC(C)(C)CCC(C)O. The molecule has 0 aliphatic carbocycles. The van der Waals surface area contributed by atoms with Crippen LogP contribution in [-0.2, 0) is 0 Å². The van der Waals surface area contributed by atoms with Gasteiger partial charge in [0.2, 0.25) is 0 Å². The molecule has 0 aliphatic rings. The summed E-state index contributed by atoms with van der Waals surface area (Å²) in [6, 6.07) is 0. The van der Waals surface area contributed by atoms with Gasteiger partial charge in [0.1, 0.15) is 0 Å². The van der Waals surface area contributed by atoms with Gasteiger partial charge in [-0.2, -0.15) is 0 Å². The fraction of sp³-hybridized carbons (Fsp3) is 1.00.